The number of benzene rings is 2. The Balaban J connectivity index is 1.03. The first-order chi connectivity index (χ1) is 23.1. The third-order valence-electron chi connectivity index (χ3n) is 9.97. The van der Waals surface area contributed by atoms with Gasteiger partial charge in [0.1, 0.15) is 31.9 Å². The Bertz CT molecular complexity index is 1710. The lowest BCUT2D eigenvalue weighted by atomic mass is 9.95. The van der Waals surface area contributed by atoms with E-state index in [2.05, 4.69) is 72.4 Å². The summed E-state index contributed by atoms with van der Waals surface area (Å²) in [6.07, 6.45) is 4.00. The van der Waals surface area contributed by atoms with Gasteiger partial charge in [-0.15, -0.1) is 0 Å². The molecule has 0 unspecified atom stereocenters. The second-order valence-corrected chi connectivity index (χ2v) is 17.5. The van der Waals surface area contributed by atoms with E-state index >= 15 is 0 Å². The lowest BCUT2D eigenvalue weighted by Crippen LogP contribution is -2.66. The second kappa shape index (κ2) is 13.7. The molecule has 3 aromatic rings. The number of rotatable bonds is 10. The van der Waals surface area contributed by atoms with Crippen LogP contribution in [0, 0.1) is 6.92 Å². The summed E-state index contributed by atoms with van der Waals surface area (Å²) >= 11 is 3.58. The molecule has 5 heterocycles. The molecule has 0 amide bonds. The lowest BCUT2D eigenvalue weighted by Gasteiger charge is -2.52. The molecular formula is C34H45BrN7O5P. The number of anilines is 5. The van der Waals surface area contributed by atoms with Gasteiger partial charge in [-0.3, -0.25) is 9.80 Å². The van der Waals surface area contributed by atoms with Crippen molar-refractivity contribution < 1.29 is 23.5 Å². The van der Waals surface area contributed by atoms with Crippen LogP contribution in [0.1, 0.15) is 18.4 Å². The summed E-state index contributed by atoms with van der Waals surface area (Å²) in [5.41, 5.74) is 3.77. The highest BCUT2D eigenvalue weighted by atomic mass is 79.9. The van der Waals surface area contributed by atoms with Gasteiger partial charge >= 0.3 is 0 Å². The van der Waals surface area contributed by atoms with Gasteiger partial charge in [0.2, 0.25) is 5.95 Å². The van der Waals surface area contributed by atoms with Gasteiger partial charge in [0.15, 0.2) is 11.5 Å². The maximum absolute atomic E-state index is 13.4. The number of aromatic nitrogens is 2. The molecular weight excluding hydrogens is 697 g/mol. The first-order valence-electron chi connectivity index (χ1n) is 16.6. The molecule has 0 bridgehead atoms. The fraction of sp³-hybridized carbons (Fsp3) is 0.529. The maximum atomic E-state index is 13.4. The molecule has 0 atom stereocenters. The molecule has 48 heavy (non-hydrogen) atoms. The number of likely N-dealkylation sites (tertiary alicyclic amines) is 1. The molecule has 0 spiro atoms. The van der Waals surface area contributed by atoms with E-state index in [1.807, 2.05) is 12.1 Å². The third kappa shape index (κ3) is 6.72. The Hall–Kier alpha value is -3.09. The van der Waals surface area contributed by atoms with Gasteiger partial charge < -0.3 is 39.0 Å². The van der Waals surface area contributed by atoms with Gasteiger partial charge in [-0.2, -0.15) is 4.98 Å². The zero-order valence-electron chi connectivity index (χ0n) is 28.3. The molecule has 1 aromatic heterocycles. The van der Waals surface area contributed by atoms with Crippen LogP contribution in [0.4, 0.5) is 28.8 Å². The number of aryl methyl sites for hydroxylation is 1. The van der Waals surface area contributed by atoms with Crippen LogP contribution in [-0.2, 0) is 9.30 Å². The quantitative estimate of drug-likeness (QED) is 0.272. The van der Waals surface area contributed by atoms with Gasteiger partial charge in [-0.25, -0.2) is 4.98 Å². The zero-order valence-corrected chi connectivity index (χ0v) is 30.8. The Morgan fingerprint density at radius 2 is 1.79 bits per heavy atom. The van der Waals surface area contributed by atoms with E-state index in [0.717, 1.165) is 69.2 Å². The van der Waals surface area contributed by atoms with Crippen LogP contribution < -0.4 is 35.0 Å². The summed E-state index contributed by atoms with van der Waals surface area (Å²) in [6, 6.07) is 9.79. The first-order valence-corrected chi connectivity index (χ1v) is 20.0. The minimum atomic E-state index is -2.75. The minimum Gasteiger partial charge on any atom is -0.494 e. The highest BCUT2D eigenvalue weighted by Crippen LogP contribution is 2.47. The topological polar surface area (TPSA) is 114 Å². The van der Waals surface area contributed by atoms with Crippen LogP contribution in [0.25, 0.3) is 0 Å². The van der Waals surface area contributed by atoms with Crippen LogP contribution in [0.5, 0.6) is 17.2 Å². The average molecular weight is 743 g/mol. The molecule has 4 aliphatic rings. The van der Waals surface area contributed by atoms with E-state index in [0.29, 0.717) is 70.1 Å². The second-order valence-electron chi connectivity index (χ2n) is 13.5. The number of ether oxygens (including phenoxy) is 4. The average Bonchev–Trinajstić information content (AvgIpc) is 3.01. The zero-order chi connectivity index (χ0) is 33.6. The SMILES string of the molecule is COc1cc(N2CCC(N3CC(N(C)C4COC4)C3)CC2)c(C)cc1Nc1ncc(Br)c(Nc2ccc3c(c2P(C)(C)=O)OCCO3)n1. The number of hydrogen-bond donors (Lipinski definition) is 2. The Kier molecular flexibility index (Phi) is 9.51. The normalized spacial score (nSPS) is 19.2. The Morgan fingerprint density at radius 1 is 1.04 bits per heavy atom. The van der Waals surface area contributed by atoms with Crippen molar-refractivity contribution in [2.24, 2.45) is 0 Å². The molecule has 0 radical (unpaired) electrons. The molecule has 3 saturated heterocycles. The number of nitrogens with zero attached hydrogens (tertiary/aromatic N) is 5. The van der Waals surface area contributed by atoms with E-state index in [-0.39, 0.29) is 0 Å². The van der Waals surface area contributed by atoms with E-state index < -0.39 is 7.14 Å². The number of nitrogens with one attached hydrogen (secondary N) is 2. The summed E-state index contributed by atoms with van der Waals surface area (Å²) in [4.78, 5) is 16.9. The molecule has 2 N–H and O–H groups in total. The molecule has 4 aliphatic heterocycles. The summed E-state index contributed by atoms with van der Waals surface area (Å²) in [7, 11) is 1.18. The van der Waals surface area contributed by atoms with Crippen LogP contribution in [0.15, 0.2) is 34.9 Å². The van der Waals surface area contributed by atoms with Crippen LogP contribution >= 0.6 is 23.1 Å². The number of fused-ring (bicyclic) bond motifs is 1. The lowest BCUT2D eigenvalue weighted by molar-refractivity contribution is -0.0995. The first kappa shape index (κ1) is 33.4. The van der Waals surface area contributed by atoms with Crippen LogP contribution in [0.3, 0.4) is 0 Å². The third-order valence-corrected chi connectivity index (χ3v) is 12.1. The summed E-state index contributed by atoms with van der Waals surface area (Å²) in [5, 5.41) is 7.32. The smallest absolute Gasteiger partial charge is 0.229 e. The van der Waals surface area contributed by atoms with E-state index in [1.165, 1.54) is 5.69 Å². The number of hydrogen-bond acceptors (Lipinski definition) is 12. The molecule has 2 aromatic carbocycles. The number of methoxy groups -OCH3 is 1. The molecule has 0 aliphatic carbocycles. The van der Waals surface area contributed by atoms with Crippen LogP contribution in [0.2, 0.25) is 0 Å². The number of likely N-dealkylation sites (N-methyl/N-ethyl adjacent to an activating group) is 1. The molecule has 0 saturated carbocycles. The number of halogens is 1. The standard InChI is InChI=1S/C34H45BrN7O5P/c1-21-14-27(30(44-3)15-28(21)41-10-8-22(9-11-41)42-17-23(18-42)40(2)24-19-45-20-24)38-34-36-16-25(35)33(39-34)37-26-6-7-29-31(47-13-12-46-29)32(26)48(4,5)43/h6-7,14-16,22-24H,8-13,17-20H2,1-5H3,(H2,36,37,38,39). The predicted octanol–water partition coefficient (Wildman–Crippen LogP) is 5.05. The van der Waals surface area contributed by atoms with Crippen molar-refractivity contribution in [3.05, 3.63) is 40.5 Å². The summed E-state index contributed by atoms with van der Waals surface area (Å²) < 4.78 is 37.0. The predicted molar refractivity (Wildman–Crippen MR) is 194 cm³/mol. The maximum Gasteiger partial charge on any atom is 0.229 e. The van der Waals surface area contributed by atoms with E-state index in [4.69, 9.17) is 23.9 Å². The van der Waals surface area contributed by atoms with Gasteiger partial charge in [0.25, 0.3) is 0 Å². The monoisotopic (exact) mass is 741 g/mol. The van der Waals surface area contributed by atoms with E-state index in [1.54, 1.807) is 26.6 Å². The van der Waals surface area contributed by atoms with Crippen molar-refractivity contribution in [1.82, 2.24) is 19.8 Å². The van der Waals surface area contributed by atoms with Gasteiger partial charge in [0, 0.05) is 56.2 Å². The van der Waals surface area contributed by atoms with Crippen molar-refractivity contribution in [2.45, 2.75) is 37.9 Å². The molecule has 14 heteroatoms. The van der Waals surface area contributed by atoms with Crippen molar-refractivity contribution in [3.8, 4) is 17.2 Å². The summed E-state index contributed by atoms with van der Waals surface area (Å²) in [5.74, 6) is 2.75. The summed E-state index contributed by atoms with van der Waals surface area (Å²) in [6.45, 7) is 12.6. The highest BCUT2D eigenvalue weighted by Gasteiger charge is 2.39. The largest absolute Gasteiger partial charge is 0.494 e. The van der Waals surface area contributed by atoms with E-state index in [9.17, 15) is 4.57 Å². The minimum absolute atomic E-state index is 0.394. The van der Waals surface area contributed by atoms with Crippen molar-refractivity contribution in [3.63, 3.8) is 0 Å². The van der Waals surface area contributed by atoms with Gasteiger partial charge in [-0.1, -0.05) is 0 Å². The fourth-order valence-electron chi connectivity index (χ4n) is 7.06. The van der Waals surface area contributed by atoms with Gasteiger partial charge in [0.05, 0.1) is 47.5 Å². The molecule has 12 nitrogen and oxygen atoms in total. The van der Waals surface area contributed by atoms with Gasteiger partial charge in [-0.05, 0) is 79.8 Å². The molecule has 3 fully saturated rings. The van der Waals surface area contributed by atoms with Crippen molar-refractivity contribution in [1.29, 1.82) is 0 Å². The highest BCUT2D eigenvalue weighted by molar-refractivity contribution is 9.10. The van der Waals surface area contributed by atoms with Crippen molar-refractivity contribution in [2.75, 3.05) is 95.6 Å². The fourth-order valence-corrected chi connectivity index (χ4v) is 8.72. The Labute approximate surface area is 291 Å². The Morgan fingerprint density at radius 3 is 2.48 bits per heavy atom. The number of piperidine rings is 1. The molecule has 258 valence electrons. The van der Waals surface area contributed by atoms with Crippen LogP contribution in [-0.4, -0.2) is 118 Å². The van der Waals surface area contributed by atoms with Crippen molar-refractivity contribution >= 4 is 57.2 Å². The molecule has 7 rings (SSSR count).